The maximum Gasteiger partial charge on any atom is 0.373 e. The number of aryl methyl sites for hydroxylation is 1. The number of methoxy groups -OCH3 is 1. The molecule has 0 aliphatic heterocycles. The minimum absolute atomic E-state index is 0.00981. The number of benzene rings is 1. The summed E-state index contributed by atoms with van der Waals surface area (Å²) in [5, 5.41) is 8.86. The Bertz CT molecular complexity index is 606. The molecular formula is C12H10FNO4. The van der Waals surface area contributed by atoms with Crippen LogP contribution in [0.3, 0.4) is 0 Å². The largest absolute Gasteiger partial charge is 0.496 e. The number of hydrogen-bond donors (Lipinski definition) is 1. The number of aromatic nitrogens is 1. The van der Waals surface area contributed by atoms with E-state index in [9.17, 15) is 9.18 Å². The summed E-state index contributed by atoms with van der Waals surface area (Å²) >= 11 is 0. The van der Waals surface area contributed by atoms with Crippen molar-refractivity contribution in [1.29, 1.82) is 0 Å². The van der Waals surface area contributed by atoms with Crippen LogP contribution in [0.5, 0.6) is 5.75 Å². The van der Waals surface area contributed by atoms with E-state index in [4.69, 9.17) is 14.3 Å². The third kappa shape index (κ3) is 1.92. The van der Waals surface area contributed by atoms with Crippen molar-refractivity contribution in [2.75, 3.05) is 7.11 Å². The lowest BCUT2D eigenvalue weighted by Crippen LogP contribution is -1.95. The molecule has 0 unspecified atom stereocenters. The average molecular weight is 251 g/mol. The maximum atomic E-state index is 13.7. The Morgan fingerprint density at radius 2 is 2.22 bits per heavy atom. The molecule has 2 aromatic rings. The molecule has 94 valence electrons. The monoisotopic (exact) mass is 251 g/mol. The van der Waals surface area contributed by atoms with Gasteiger partial charge in [0.15, 0.2) is 0 Å². The summed E-state index contributed by atoms with van der Waals surface area (Å²) in [5.74, 6) is -2.03. The SMILES string of the molecule is COc1cccc(F)c1-c1nc(C)c(C(=O)O)o1. The van der Waals surface area contributed by atoms with Gasteiger partial charge in [0.05, 0.1) is 12.8 Å². The zero-order valence-corrected chi connectivity index (χ0v) is 9.73. The lowest BCUT2D eigenvalue weighted by molar-refractivity contribution is 0.0662. The predicted molar refractivity (Wildman–Crippen MR) is 60.1 cm³/mol. The Kier molecular flexibility index (Phi) is 3.01. The van der Waals surface area contributed by atoms with Gasteiger partial charge in [-0.05, 0) is 19.1 Å². The number of oxazole rings is 1. The summed E-state index contributed by atoms with van der Waals surface area (Å²) in [7, 11) is 1.38. The molecule has 0 amide bonds. The van der Waals surface area contributed by atoms with Gasteiger partial charge in [0, 0.05) is 0 Å². The first-order valence-electron chi connectivity index (χ1n) is 5.08. The van der Waals surface area contributed by atoms with Crippen LogP contribution in [0, 0.1) is 12.7 Å². The number of ether oxygens (including phenoxy) is 1. The van der Waals surface area contributed by atoms with Crippen LogP contribution < -0.4 is 4.74 Å². The van der Waals surface area contributed by atoms with Gasteiger partial charge in [0.25, 0.3) is 0 Å². The van der Waals surface area contributed by atoms with E-state index in [0.717, 1.165) is 0 Å². The summed E-state index contributed by atoms with van der Waals surface area (Å²) in [6.07, 6.45) is 0. The van der Waals surface area contributed by atoms with Crippen molar-refractivity contribution < 1.29 is 23.4 Å². The summed E-state index contributed by atoms with van der Waals surface area (Å²) in [6.45, 7) is 1.48. The summed E-state index contributed by atoms with van der Waals surface area (Å²) in [4.78, 5) is 14.8. The topological polar surface area (TPSA) is 72.6 Å². The molecule has 5 nitrogen and oxygen atoms in total. The summed E-state index contributed by atoms with van der Waals surface area (Å²) < 4.78 is 23.8. The van der Waals surface area contributed by atoms with Crippen LogP contribution in [0.15, 0.2) is 22.6 Å². The number of halogens is 1. The van der Waals surface area contributed by atoms with E-state index < -0.39 is 11.8 Å². The van der Waals surface area contributed by atoms with Crippen molar-refractivity contribution >= 4 is 5.97 Å². The molecule has 0 bridgehead atoms. The molecule has 0 aliphatic rings. The van der Waals surface area contributed by atoms with Crippen molar-refractivity contribution in [3.8, 4) is 17.2 Å². The molecule has 0 spiro atoms. The second kappa shape index (κ2) is 4.48. The Balaban J connectivity index is 2.62. The lowest BCUT2D eigenvalue weighted by Gasteiger charge is -2.05. The van der Waals surface area contributed by atoms with E-state index in [1.54, 1.807) is 6.07 Å². The van der Waals surface area contributed by atoms with E-state index in [1.165, 1.54) is 26.2 Å². The van der Waals surface area contributed by atoms with Crippen LogP contribution in [0.4, 0.5) is 4.39 Å². The molecule has 0 fully saturated rings. The van der Waals surface area contributed by atoms with Gasteiger partial charge in [-0.15, -0.1) is 0 Å². The third-order valence-corrected chi connectivity index (χ3v) is 2.40. The Labute approximate surface area is 102 Å². The smallest absolute Gasteiger partial charge is 0.373 e. The molecule has 1 heterocycles. The number of hydrogen-bond acceptors (Lipinski definition) is 4. The normalized spacial score (nSPS) is 10.4. The van der Waals surface area contributed by atoms with E-state index in [2.05, 4.69) is 4.98 Å². The summed E-state index contributed by atoms with van der Waals surface area (Å²) in [6, 6.07) is 4.24. The van der Waals surface area contributed by atoms with Crippen molar-refractivity contribution in [3.05, 3.63) is 35.5 Å². The number of rotatable bonds is 3. The molecule has 1 aromatic carbocycles. The minimum Gasteiger partial charge on any atom is -0.496 e. The predicted octanol–water partition coefficient (Wildman–Crippen LogP) is 2.50. The molecule has 0 aliphatic carbocycles. The molecule has 1 N–H and O–H groups in total. The molecular weight excluding hydrogens is 241 g/mol. The van der Waals surface area contributed by atoms with Gasteiger partial charge in [-0.1, -0.05) is 6.07 Å². The van der Waals surface area contributed by atoms with E-state index in [1.807, 2.05) is 0 Å². The molecule has 0 saturated carbocycles. The highest BCUT2D eigenvalue weighted by molar-refractivity contribution is 5.86. The van der Waals surface area contributed by atoms with Crippen LogP contribution in [-0.2, 0) is 0 Å². The standard InChI is InChI=1S/C12H10FNO4/c1-6-10(12(15)16)18-11(14-6)9-7(13)4-3-5-8(9)17-2/h3-5H,1-2H3,(H,15,16). The van der Waals surface area contributed by atoms with Crippen LogP contribution in [0.2, 0.25) is 0 Å². The minimum atomic E-state index is -1.25. The highest BCUT2D eigenvalue weighted by atomic mass is 19.1. The molecule has 2 rings (SSSR count). The molecule has 0 atom stereocenters. The van der Waals surface area contributed by atoms with Crippen LogP contribution >= 0.6 is 0 Å². The lowest BCUT2D eigenvalue weighted by atomic mass is 10.2. The Morgan fingerprint density at radius 1 is 1.50 bits per heavy atom. The fourth-order valence-electron chi connectivity index (χ4n) is 1.58. The van der Waals surface area contributed by atoms with Crippen molar-refractivity contribution in [3.63, 3.8) is 0 Å². The van der Waals surface area contributed by atoms with Crippen molar-refractivity contribution in [1.82, 2.24) is 4.98 Å². The molecule has 0 radical (unpaired) electrons. The second-order valence-electron chi connectivity index (χ2n) is 3.56. The second-order valence-corrected chi connectivity index (χ2v) is 3.56. The first-order valence-corrected chi connectivity index (χ1v) is 5.08. The maximum absolute atomic E-state index is 13.7. The Hall–Kier alpha value is -2.37. The highest BCUT2D eigenvalue weighted by Gasteiger charge is 2.22. The zero-order chi connectivity index (χ0) is 13.3. The Morgan fingerprint density at radius 3 is 2.78 bits per heavy atom. The van der Waals surface area contributed by atoms with E-state index >= 15 is 0 Å². The van der Waals surface area contributed by atoms with Crippen LogP contribution in [0.1, 0.15) is 16.2 Å². The molecule has 1 aromatic heterocycles. The fourth-order valence-corrected chi connectivity index (χ4v) is 1.58. The first-order chi connectivity index (χ1) is 8.54. The fraction of sp³-hybridized carbons (Fsp3) is 0.167. The van der Waals surface area contributed by atoms with Crippen molar-refractivity contribution in [2.24, 2.45) is 0 Å². The molecule has 6 heteroatoms. The van der Waals surface area contributed by atoms with Gasteiger partial charge in [-0.25, -0.2) is 14.2 Å². The average Bonchev–Trinajstić information content (AvgIpc) is 2.70. The third-order valence-electron chi connectivity index (χ3n) is 2.40. The first kappa shape index (κ1) is 12.1. The van der Waals surface area contributed by atoms with Crippen LogP contribution in [-0.4, -0.2) is 23.2 Å². The van der Waals surface area contributed by atoms with Gasteiger partial charge in [-0.3, -0.25) is 0 Å². The number of nitrogens with zero attached hydrogens (tertiary/aromatic N) is 1. The summed E-state index contributed by atoms with van der Waals surface area (Å²) in [5.41, 5.74) is 0.193. The molecule has 18 heavy (non-hydrogen) atoms. The van der Waals surface area contributed by atoms with Gasteiger partial charge in [0.1, 0.15) is 17.1 Å². The van der Waals surface area contributed by atoms with Crippen LogP contribution in [0.25, 0.3) is 11.5 Å². The van der Waals surface area contributed by atoms with Gasteiger partial charge in [0.2, 0.25) is 11.7 Å². The van der Waals surface area contributed by atoms with Crippen molar-refractivity contribution in [2.45, 2.75) is 6.92 Å². The number of carbonyl (C=O) groups is 1. The number of carboxylic acids is 1. The number of aromatic carboxylic acids is 1. The van der Waals surface area contributed by atoms with Gasteiger partial charge in [-0.2, -0.15) is 0 Å². The number of carboxylic acid groups (broad SMARTS) is 1. The van der Waals surface area contributed by atoms with Gasteiger partial charge >= 0.3 is 5.97 Å². The van der Waals surface area contributed by atoms with E-state index in [0.29, 0.717) is 0 Å². The van der Waals surface area contributed by atoms with E-state index in [-0.39, 0.29) is 28.7 Å². The molecule has 0 saturated heterocycles. The quantitative estimate of drug-likeness (QED) is 0.907. The zero-order valence-electron chi connectivity index (χ0n) is 9.73. The van der Waals surface area contributed by atoms with Gasteiger partial charge < -0.3 is 14.3 Å². The highest BCUT2D eigenvalue weighted by Crippen LogP contribution is 2.32.